The van der Waals surface area contributed by atoms with Crippen molar-refractivity contribution in [1.29, 1.82) is 5.26 Å². The van der Waals surface area contributed by atoms with Gasteiger partial charge < -0.3 is 11.1 Å². The number of anilines is 1. The van der Waals surface area contributed by atoms with E-state index in [0.29, 0.717) is 0 Å². The number of nitrogens with zero attached hydrogens (tertiary/aromatic N) is 2. The van der Waals surface area contributed by atoms with Gasteiger partial charge in [0.1, 0.15) is 17.3 Å². The van der Waals surface area contributed by atoms with Crippen LogP contribution in [0.4, 0.5) is 20.2 Å². The Kier molecular flexibility index (Phi) is 4.12. The van der Waals surface area contributed by atoms with Crippen LogP contribution in [0.1, 0.15) is 5.56 Å². The van der Waals surface area contributed by atoms with Crippen LogP contribution in [0, 0.1) is 21.4 Å². The zero-order chi connectivity index (χ0) is 13.8. The summed E-state index contributed by atoms with van der Waals surface area (Å²) in [5, 5.41) is 21.8. The van der Waals surface area contributed by atoms with Gasteiger partial charge >= 0.3 is 5.69 Å². The molecule has 96 valence electrons. The molecule has 0 spiro atoms. The summed E-state index contributed by atoms with van der Waals surface area (Å²) in [5.41, 5.74) is 4.00. The van der Waals surface area contributed by atoms with Crippen molar-refractivity contribution in [3.8, 4) is 6.07 Å². The van der Waals surface area contributed by atoms with E-state index in [2.05, 4.69) is 5.32 Å². The van der Waals surface area contributed by atoms with Crippen LogP contribution < -0.4 is 11.1 Å². The normalized spacial score (nSPS) is 10.8. The predicted molar refractivity (Wildman–Crippen MR) is 60.3 cm³/mol. The molecule has 0 bridgehead atoms. The molecule has 1 aromatic rings. The van der Waals surface area contributed by atoms with E-state index in [1.54, 1.807) is 6.07 Å². The van der Waals surface area contributed by atoms with Crippen LogP contribution in [-0.4, -0.2) is 23.9 Å². The van der Waals surface area contributed by atoms with Crippen LogP contribution in [0.15, 0.2) is 18.2 Å². The Morgan fingerprint density at radius 2 is 2.22 bits per heavy atom. The average molecular weight is 256 g/mol. The molecule has 0 saturated carbocycles. The molecule has 0 heterocycles. The van der Waals surface area contributed by atoms with Crippen molar-refractivity contribution in [3.05, 3.63) is 33.9 Å². The predicted octanol–water partition coefficient (Wildman–Crippen LogP) is 1.47. The summed E-state index contributed by atoms with van der Waals surface area (Å²) in [5.74, 6) is -3.17. The van der Waals surface area contributed by atoms with Crippen LogP contribution in [0.3, 0.4) is 0 Å². The number of hydrogen-bond acceptors (Lipinski definition) is 5. The van der Waals surface area contributed by atoms with Crippen LogP contribution in [-0.2, 0) is 0 Å². The molecule has 18 heavy (non-hydrogen) atoms. The van der Waals surface area contributed by atoms with Crippen molar-refractivity contribution in [2.75, 3.05) is 18.4 Å². The fourth-order valence-electron chi connectivity index (χ4n) is 1.27. The lowest BCUT2D eigenvalue weighted by Crippen LogP contribution is -2.35. The number of benzene rings is 1. The molecule has 6 nitrogen and oxygen atoms in total. The van der Waals surface area contributed by atoms with E-state index >= 15 is 0 Å². The largest absolute Gasteiger partial charge is 0.373 e. The van der Waals surface area contributed by atoms with Crippen LogP contribution >= 0.6 is 0 Å². The number of nitrogens with two attached hydrogens (primary N) is 1. The maximum atomic E-state index is 12.9. The zero-order valence-corrected chi connectivity index (χ0v) is 9.19. The van der Waals surface area contributed by atoms with E-state index < -0.39 is 29.6 Å². The van der Waals surface area contributed by atoms with Gasteiger partial charge in [0.25, 0.3) is 5.92 Å². The highest BCUT2D eigenvalue weighted by atomic mass is 19.3. The third-order valence-electron chi connectivity index (χ3n) is 2.18. The highest BCUT2D eigenvalue weighted by Gasteiger charge is 2.28. The third-order valence-corrected chi connectivity index (χ3v) is 2.18. The minimum absolute atomic E-state index is 0.132. The van der Waals surface area contributed by atoms with Crippen LogP contribution in [0.25, 0.3) is 0 Å². The molecule has 0 radical (unpaired) electrons. The lowest BCUT2D eigenvalue weighted by Gasteiger charge is -2.15. The Morgan fingerprint density at radius 1 is 1.56 bits per heavy atom. The first-order valence-electron chi connectivity index (χ1n) is 4.90. The fourth-order valence-corrected chi connectivity index (χ4v) is 1.27. The quantitative estimate of drug-likeness (QED) is 0.613. The number of nitriles is 1. The maximum Gasteiger partial charge on any atom is 0.309 e. The molecule has 0 aromatic heterocycles. The topological polar surface area (TPSA) is 105 Å². The molecule has 1 aromatic carbocycles. The Hall–Kier alpha value is -2.27. The first kappa shape index (κ1) is 13.8. The number of nitro benzene ring substituents is 1. The number of para-hydroxylation sites is 1. The second-order valence-electron chi connectivity index (χ2n) is 3.48. The Labute approximate surface area is 101 Å². The van der Waals surface area contributed by atoms with Gasteiger partial charge in [-0.3, -0.25) is 10.1 Å². The highest BCUT2D eigenvalue weighted by molar-refractivity contribution is 5.68. The summed E-state index contributed by atoms with van der Waals surface area (Å²) in [6, 6.07) is 5.50. The molecule has 0 aliphatic carbocycles. The van der Waals surface area contributed by atoms with Gasteiger partial charge in [0.05, 0.1) is 18.0 Å². The van der Waals surface area contributed by atoms with Gasteiger partial charge in [0, 0.05) is 0 Å². The molecule has 0 unspecified atom stereocenters. The van der Waals surface area contributed by atoms with E-state index in [1.807, 2.05) is 0 Å². The Bertz CT molecular complexity index is 499. The molecule has 0 fully saturated rings. The number of hydrogen-bond donors (Lipinski definition) is 2. The Morgan fingerprint density at radius 3 is 2.72 bits per heavy atom. The minimum atomic E-state index is -3.17. The second kappa shape index (κ2) is 5.37. The first-order chi connectivity index (χ1) is 8.41. The summed E-state index contributed by atoms with van der Waals surface area (Å²) in [6.07, 6.45) is 0. The second-order valence-corrected chi connectivity index (χ2v) is 3.48. The molecule has 0 amide bonds. The van der Waals surface area contributed by atoms with E-state index in [4.69, 9.17) is 11.0 Å². The highest BCUT2D eigenvalue weighted by Crippen LogP contribution is 2.28. The lowest BCUT2D eigenvalue weighted by molar-refractivity contribution is -0.384. The smallest absolute Gasteiger partial charge is 0.309 e. The molecule has 3 N–H and O–H groups in total. The summed E-state index contributed by atoms with van der Waals surface area (Å²) in [6.45, 7) is -1.70. The van der Waals surface area contributed by atoms with Gasteiger partial charge in [0.15, 0.2) is 0 Å². The first-order valence-corrected chi connectivity index (χ1v) is 4.90. The zero-order valence-electron chi connectivity index (χ0n) is 9.19. The van der Waals surface area contributed by atoms with Crippen molar-refractivity contribution in [2.45, 2.75) is 5.92 Å². The van der Waals surface area contributed by atoms with Gasteiger partial charge in [-0.2, -0.15) is 5.26 Å². The van der Waals surface area contributed by atoms with Crippen molar-refractivity contribution in [3.63, 3.8) is 0 Å². The molecule has 1 rings (SSSR count). The van der Waals surface area contributed by atoms with Gasteiger partial charge in [-0.05, 0) is 12.1 Å². The van der Waals surface area contributed by atoms with E-state index in [-0.39, 0.29) is 11.3 Å². The molecule has 0 atom stereocenters. The molecular weight excluding hydrogens is 246 g/mol. The fraction of sp³-hybridized carbons (Fsp3) is 0.300. The Balaban J connectivity index is 3.03. The van der Waals surface area contributed by atoms with Crippen molar-refractivity contribution >= 4 is 11.4 Å². The molecular formula is C10H10F2N4O2. The molecule has 0 aliphatic rings. The number of nitrogens with one attached hydrogen (secondary N) is 1. The SMILES string of the molecule is N#Cc1cccc(NCC(F)(F)CN)c1[N+](=O)[O-]. The number of nitro groups is 1. The van der Waals surface area contributed by atoms with Gasteiger partial charge in [-0.1, -0.05) is 6.07 Å². The van der Waals surface area contributed by atoms with Crippen molar-refractivity contribution in [2.24, 2.45) is 5.73 Å². The van der Waals surface area contributed by atoms with Gasteiger partial charge in [0.2, 0.25) is 0 Å². The van der Waals surface area contributed by atoms with Gasteiger partial charge in [-0.15, -0.1) is 0 Å². The average Bonchev–Trinajstić information content (AvgIpc) is 2.35. The number of rotatable bonds is 5. The van der Waals surface area contributed by atoms with Gasteiger partial charge in [-0.25, -0.2) is 8.78 Å². The summed E-state index contributed by atoms with van der Waals surface area (Å²) >= 11 is 0. The van der Waals surface area contributed by atoms with Crippen molar-refractivity contribution < 1.29 is 13.7 Å². The van der Waals surface area contributed by atoms with E-state index in [9.17, 15) is 18.9 Å². The van der Waals surface area contributed by atoms with E-state index in [1.165, 1.54) is 18.2 Å². The third kappa shape index (κ3) is 3.11. The maximum absolute atomic E-state index is 12.9. The molecule has 0 saturated heterocycles. The number of halogens is 2. The standard InChI is InChI=1S/C10H10F2N4O2/c11-10(12,5-14)6-15-8-3-1-2-7(4-13)9(8)16(17)18/h1-3,15H,5-6,14H2. The van der Waals surface area contributed by atoms with E-state index in [0.717, 1.165) is 0 Å². The monoisotopic (exact) mass is 256 g/mol. The summed E-state index contributed by atoms with van der Waals surface area (Å²) in [7, 11) is 0. The van der Waals surface area contributed by atoms with Crippen LogP contribution in [0.5, 0.6) is 0 Å². The minimum Gasteiger partial charge on any atom is -0.373 e. The molecule has 8 heteroatoms. The number of alkyl halides is 2. The lowest BCUT2D eigenvalue weighted by atomic mass is 10.1. The summed E-state index contributed by atoms with van der Waals surface area (Å²) < 4.78 is 25.9. The van der Waals surface area contributed by atoms with Crippen molar-refractivity contribution in [1.82, 2.24) is 0 Å². The molecule has 0 aliphatic heterocycles. The summed E-state index contributed by atoms with van der Waals surface area (Å²) in [4.78, 5) is 10.0. The van der Waals surface area contributed by atoms with Crippen LogP contribution in [0.2, 0.25) is 0 Å².